The number of nitriles is 1. The first-order valence-electron chi connectivity index (χ1n) is 8.24. The third-order valence-electron chi connectivity index (χ3n) is 4.04. The Balaban J connectivity index is 1.96. The molecule has 0 bridgehead atoms. The summed E-state index contributed by atoms with van der Waals surface area (Å²) in [6.07, 6.45) is 1.49. The molecule has 0 fully saturated rings. The number of ether oxygens (including phenoxy) is 2. The maximum Gasteiger partial charge on any atom is 0.311 e. The first-order chi connectivity index (χ1) is 14.0. The van der Waals surface area contributed by atoms with Crippen LogP contribution in [0.15, 0.2) is 41.8 Å². The number of allylic oxidation sites excluding steroid dienone is 1. The highest BCUT2D eigenvalue weighted by atomic mass is 32.1. The molecule has 0 aliphatic carbocycles. The van der Waals surface area contributed by atoms with Crippen molar-refractivity contribution in [3.63, 3.8) is 0 Å². The summed E-state index contributed by atoms with van der Waals surface area (Å²) in [5, 5.41) is 32.4. The van der Waals surface area contributed by atoms with Crippen LogP contribution in [0.4, 0.5) is 5.69 Å². The smallest absolute Gasteiger partial charge is 0.311 e. The lowest BCUT2D eigenvalue weighted by Crippen LogP contribution is -1.91. The number of benzene rings is 2. The normalized spacial score (nSPS) is 11.0. The number of nitrogens with zero attached hydrogens (tertiary/aromatic N) is 3. The number of phenolic OH excluding ortho intramolecular Hbond substituents is 1. The van der Waals surface area contributed by atoms with E-state index in [0.717, 1.165) is 5.56 Å². The maximum atomic E-state index is 11.0. The number of aromatic hydroxyl groups is 1. The van der Waals surface area contributed by atoms with Crippen LogP contribution in [0.5, 0.6) is 17.2 Å². The minimum atomic E-state index is -0.683. The minimum Gasteiger partial charge on any atom is -0.502 e. The summed E-state index contributed by atoms with van der Waals surface area (Å²) in [6.45, 7) is 0. The number of rotatable bonds is 6. The molecule has 0 spiro atoms. The van der Waals surface area contributed by atoms with Gasteiger partial charge in [-0.1, -0.05) is 6.07 Å². The van der Waals surface area contributed by atoms with Gasteiger partial charge in [-0.3, -0.25) is 10.1 Å². The van der Waals surface area contributed by atoms with E-state index >= 15 is 0 Å². The van der Waals surface area contributed by atoms with Gasteiger partial charge < -0.3 is 14.6 Å². The van der Waals surface area contributed by atoms with Crippen LogP contribution >= 0.6 is 11.3 Å². The van der Waals surface area contributed by atoms with E-state index in [9.17, 15) is 20.5 Å². The third kappa shape index (κ3) is 4.17. The average molecular weight is 409 g/mol. The van der Waals surface area contributed by atoms with Crippen LogP contribution in [0.3, 0.4) is 0 Å². The summed E-state index contributed by atoms with van der Waals surface area (Å²) in [7, 11) is 3.09. The Morgan fingerprint density at radius 1 is 1.24 bits per heavy atom. The van der Waals surface area contributed by atoms with Crippen molar-refractivity contribution in [2.45, 2.75) is 0 Å². The molecule has 0 aliphatic heterocycles. The van der Waals surface area contributed by atoms with Crippen LogP contribution in [0, 0.1) is 21.4 Å². The molecular formula is C20H15N3O5S. The van der Waals surface area contributed by atoms with Crippen molar-refractivity contribution < 1.29 is 19.5 Å². The van der Waals surface area contributed by atoms with E-state index < -0.39 is 16.4 Å². The Morgan fingerprint density at radius 3 is 2.66 bits per heavy atom. The number of methoxy groups -OCH3 is 2. The molecule has 9 heteroatoms. The summed E-state index contributed by atoms with van der Waals surface area (Å²) < 4.78 is 10.5. The molecule has 29 heavy (non-hydrogen) atoms. The fraction of sp³-hybridized carbons (Fsp3) is 0.100. The van der Waals surface area contributed by atoms with Crippen LogP contribution in [0.1, 0.15) is 10.6 Å². The van der Waals surface area contributed by atoms with Crippen molar-refractivity contribution in [1.82, 2.24) is 4.98 Å². The predicted molar refractivity (Wildman–Crippen MR) is 109 cm³/mol. The van der Waals surface area contributed by atoms with Gasteiger partial charge in [-0.15, -0.1) is 11.3 Å². The van der Waals surface area contributed by atoms with E-state index in [1.54, 1.807) is 31.7 Å². The highest BCUT2D eigenvalue weighted by Crippen LogP contribution is 2.34. The van der Waals surface area contributed by atoms with Gasteiger partial charge in [-0.25, -0.2) is 4.98 Å². The van der Waals surface area contributed by atoms with E-state index in [-0.39, 0.29) is 5.57 Å². The monoisotopic (exact) mass is 409 g/mol. The molecule has 0 saturated heterocycles. The van der Waals surface area contributed by atoms with E-state index in [1.807, 2.05) is 6.07 Å². The van der Waals surface area contributed by atoms with Gasteiger partial charge in [0.2, 0.25) is 0 Å². The van der Waals surface area contributed by atoms with Gasteiger partial charge in [0.15, 0.2) is 17.2 Å². The van der Waals surface area contributed by atoms with Crippen molar-refractivity contribution in [1.29, 1.82) is 5.26 Å². The number of nitro groups is 1. The van der Waals surface area contributed by atoms with Crippen LogP contribution in [0.25, 0.3) is 22.9 Å². The number of hydrogen-bond donors (Lipinski definition) is 1. The van der Waals surface area contributed by atoms with Crippen LogP contribution in [0.2, 0.25) is 0 Å². The quantitative estimate of drug-likeness (QED) is 0.361. The van der Waals surface area contributed by atoms with Gasteiger partial charge in [-0.2, -0.15) is 5.26 Å². The van der Waals surface area contributed by atoms with Crippen molar-refractivity contribution >= 4 is 28.7 Å². The molecule has 0 saturated carbocycles. The second kappa shape index (κ2) is 8.41. The first-order valence-corrected chi connectivity index (χ1v) is 9.12. The standard InChI is InChI=1S/C20H15N3O5S/c1-27-18-6-4-13(9-19(18)28-2)15-11-29-20(22-15)14(10-21)7-12-3-5-17(24)16(8-12)23(25)26/h3-9,11,24H,1-2H3/b14-7+. The summed E-state index contributed by atoms with van der Waals surface area (Å²) in [4.78, 5) is 14.8. The van der Waals surface area contributed by atoms with Crippen molar-refractivity contribution in [2.75, 3.05) is 14.2 Å². The number of hydrogen-bond acceptors (Lipinski definition) is 8. The Morgan fingerprint density at radius 2 is 2.00 bits per heavy atom. The molecule has 0 amide bonds. The van der Waals surface area contributed by atoms with Gasteiger partial charge >= 0.3 is 5.69 Å². The zero-order valence-corrected chi connectivity index (χ0v) is 16.3. The molecule has 1 aromatic heterocycles. The second-order valence-electron chi connectivity index (χ2n) is 5.78. The number of thiazole rings is 1. The van der Waals surface area contributed by atoms with Gasteiger partial charge in [0.25, 0.3) is 0 Å². The lowest BCUT2D eigenvalue weighted by molar-refractivity contribution is -0.385. The largest absolute Gasteiger partial charge is 0.502 e. The topological polar surface area (TPSA) is 119 Å². The van der Waals surface area contributed by atoms with Crippen molar-refractivity contribution in [3.05, 3.63) is 62.5 Å². The highest BCUT2D eigenvalue weighted by Gasteiger charge is 2.15. The van der Waals surface area contributed by atoms with E-state index in [4.69, 9.17) is 9.47 Å². The van der Waals surface area contributed by atoms with Crippen molar-refractivity contribution in [2.24, 2.45) is 0 Å². The number of nitro benzene ring substituents is 1. The molecule has 1 N–H and O–H groups in total. The van der Waals surface area contributed by atoms with Crippen LogP contribution in [-0.2, 0) is 0 Å². The predicted octanol–water partition coefficient (Wildman–Crippen LogP) is 4.51. The summed E-state index contributed by atoms with van der Waals surface area (Å²) in [5.41, 5.74) is 1.68. The molecule has 8 nitrogen and oxygen atoms in total. The molecule has 0 aliphatic rings. The number of phenols is 1. The van der Waals surface area contributed by atoms with E-state index in [1.165, 1.54) is 35.6 Å². The van der Waals surface area contributed by atoms with Gasteiger partial charge in [0.05, 0.1) is 30.4 Å². The fourth-order valence-corrected chi connectivity index (χ4v) is 3.41. The molecule has 0 radical (unpaired) electrons. The van der Waals surface area contributed by atoms with Crippen molar-refractivity contribution in [3.8, 4) is 34.6 Å². The van der Waals surface area contributed by atoms with Gasteiger partial charge in [0.1, 0.15) is 11.1 Å². The van der Waals surface area contributed by atoms with E-state index in [0.29, 0.717) is 27.8 Å². The first kappa shape index (κ1) is 19.9. The molecule has 0 atom stereocenters. The number of aromatic nitrogens is 1. The Bertz CT molecular complexity index is 1150. The molecular weight excluding hydrogens is 394 g/mol. The zero-order chi connectivity index (χ0) is 21.0. The molecule has 3 rings (SSSR count). The van der Waals surface area contributed by atoms with Crippen LogP contribution < -0.4 is 9.47 Å². The third-order valence-corrected chi connectivity index (χ3v) is 4.92. The second-order valence-corrected chi connectivity index (χ2v) is 6.64. The van der Waals surface area contributed by atoms with Gasteiger partial charge in [0, 0.05) is 17.0 Å². The summed E-state index contributed by atoms with van der Waals surface area (Å²) >= 11 is 1.28. The fourth-order valence-electron chi connectivity index (χ4n) is 2.61. The maximum absolute atomic E-state index is 11.0. The zero-order valence-electron chi connectivity index (χ0n) is 15.4. The Kier molecular flexibility index (Phi) is 5.76. The lowest BCUT2D eigenvalue weighted by Gasteiger charge is -2.08. The van der Waals surface area contributed by atoms with Crippen LogP contribution in [-0.4, -0.2) is 29.2 Å². The highest BCUT2D eigenvalue weighted by molar-refractivity contribution is 7.11. The minimum absolute atomic E-state index is 0.252. The summed E-state index contributed by atoms with van der Waals surface area (Å²) in [6, 6.07) is 11.4. The van der Waals surface area contributed by atoms with Gasteiger partial charge in [-0.05, 0) is 35.9 Å². The molecule has 2 aromatic carbocycles. The average Bonchev–Trinajstić information content (AvgIpc) is 3.22. The summed E-state index contributed by atoms with van der Waals surface area (Å²) in [5.74, 6) is 0.723. The SMILES string of the molecule is COc1ccc(-c2csc(/C(C#N)=C/c3ccc(O)c([N+](=O)[O-])c3)n2)cc1OC. The Labute approximate surface area is 170 Å². The molecule has 3 aromatic rings. The lowest BCUT2D eigenvalue weighted by atomic mass is 10.1. The molecule has 146 valence electrons. The Hall–Kier alpha value is -3.90. The molecule has 0 unspecified atom stereocenters. The molecule has 1 heterocycles. The van der Waals surface area contributed by atoms with E-state index in [2.05, 4.69) is 11.1 Å².